The molecule has 138 valence electrons. The first kappa shape index (κ1) is 20.3. The molecule has 0 aromatic heterocycles. The molecule has 1 amide bonds. The molecule has 4 nitrogen and oxygen atoms in total. The fraction of sp³-hybridized carbons (Fsp3) is 0.333. The van der Waals surface area contributed by atoms with Crippen molar-refractivity contribution in [2.24, 2.45) is 4.99 Å². The molecular weight excluding hydrogens is 348 g/mol. The molecule has 0 bridgehead atoms. The molecule has 0 unspecified atom stereocenters. The van der Waals surface area contributed by atoms with E-state index in [-0.39, 0.29) is 23.9 Å². The zero-order chi connectivity index (χ0) is 17.7. The first-order chi connectivity index (χ1) is 12.1. The summed E-state index contributed by atoms with van der Waals surface area (Å²) in [6.45, 7) is 7.33. The molecule has 1 fully saturated rings. The Morgan fingerprint density at radius 2 is 1.42 bits per heavy atom. The molecule has 2 aromatic carbocycles. The van der Waals surface area contributed by atoms with Crippen LogP contribution in [0.25, 0.3) is 0 Å². The van der Waals surface area contributed by atoms with Crippen molar-refractivity contribution in [3.05, 3.63) is 71.8 Å². The molecule has 1 saturated heterocycles. The molecule has 26 heavy (non-hydrogen) atoms. The second-order valence-electron chi connectivity index (χ2n) is 6.66. The molecule has 5 heteroatoms. The molecule has 3 rings (SSSR count). The number of ether oxygens (including phenoxy) is 1. The number of carbonyl (C=O) groups is 1. The zero-order valence-electron chi connectivity index (χ0n) is 15.2. The lowest BCUT2D eigenvalue weighted by atomic mass is 9.89. The molecule has 1 aliphatic heterocycles. The van der Waals surface area contributed by atoms with E-state index in [1.54, 1.807) is 12.1 Å². The number of rotatable bonds is 4. The number of hydrogen-bond acceptors (Lipinski definition) is 3. The molecule has 0 N–H and O–H groups in total. The molecule has 0 saturated carbocycles. The third kappa shape index (κ3) is 4.58. The largest absolute Gasteiger partial charge is 0.379 e. The molecule has 0 spiro atoms. The van der Waals surface area contributed by atoms with Gasteiger partial charge >= 0.3 is 0 Å². The fourth-order valence-electron chi connectivity index (χ4n) is 3.17. The Labute approximate surface area is 161 Å². The average Bonchev–Trinajstić information content (AvgIpc) is 2.68. The van der Waals surface area contributed by atoms with E-state index in [2.05, 4.69) is 23.7 Å². The minimum atomic E-state index is -0.366. The van der Waals surface area contributed by atoms with Gasteiger partial charge in [-0.1, -0.05) is 48.5 Å². The standard InChI is InChI=1S/C21H24N2O2.ClH/c1-21(2,23-13-15-25-16-14-23)19(17-9-5-3-6-10-17)22-20(24)18-11-7-4-8-12-18;/h3-12H,13-16H2,1-2H3;1H. The number of benzene rings is 2. The van der Waals surface area contributed by atoms with Crippen LogP contribution in [0.2, 0.25) is 0 Å². The number of hydrogen-bond donors (Lipinski definition) is 0. The van der Waals surface area contributed by atoms with Crippen LogP contribution in [0.3, 0.4) is 0 Å². The summed E-state index contributed by atoms with van der Waals surface area (Å²) in [7, 11) is 0. The number of halogens is 1. The highest BCUT2D eigenvalue weighted by Crippen LogP contribution is 2.23. The quantitative estimate of drug-likeness (QED) is 0.765. The minimum absolute atomic E-state index is 0. The smallest absolute Gasteiger partial charge is 0.277 e. The van der Waals surface area contributed by atoms with Crippen LogP contribution in [0.5, 0.6) is 0 Å². The Morgan fingerprint density at radius 3 is 1.96 bits per heavy atom. The van der Waals surface area contributed by atoms with E-state index in [1.165, 1.54) is 0 Å². The van der Waals surface area contributed by atoms with Crippen LogP contribution in [0.15, 0.2) is 65.7 Å². The van der Waals surface area contributed by atoms with Crippen molar-refractivity contribution in [1.29, 1.82) is 0 Å². The van der Waals surface area contributed by atoms with E-state index < -0.39 is 0 Å². The highest BCUT2D eigenvalue weighted by atomic mass is 35.5. The summed E-state index contributed by atoms with van der Waals surface area (Å²) in [4.78, 5) is 19.6. The Kier molecular flexibility index (Phi) is 7.09. The Morgan fingerprint density at radius 1 is 0.923 bits per heavy atom. The van der Waals surface area contributed by atoms with Crippen molar-refractivity contribution in [3.8, 4) is 0 Å². The van der Waals surface area contributed by atoms with Crippen molar-refractivity contribution in [3.63, 3.8) is 0 Å². The first-order valence-corrected chi connectivity index (χ1v) is 8.66. The summed E-state index contributed by atoms with van der Waals surface area (Å²) >= 11 is 0. The van der Waals surface area contributed by atoms with E-state index in [1.807, 2.05) is 48.5 Å². The van der Waals surface area contributed by atoms with E-state index in [9.17, 15) is 4.79 Å². The van der Waals surface area contributed by atoms with Gasteiger partial charge in [-0.05, 0) is 31.5 Å². The lowest BCUT2D eigenvalue weighted by Gasteiger charge is -2.41. The van der Waals surface area contributed by atoms with Crippen molar-refractivity contribution in [2.75, 3.05) is 26.3 Å². The van der Waals surface area contributed by atoms with Gasteiger partial charge in [-0.3, -0.25) is 9.69 Å². The molecular formula is C21H25ClN2O2. The monoisotopic (exact) mass is 372 g/mol. The molecule has 0 atom stereocenters. The van der Waals surface area contributed by atoms with Gasteiger partial charge in [0, 0.05) is 18.7 Å². The summed E-state index contributed by atoms with van der Waals surface area (Å²) in [5, 5.41) is 0. The third-order valence-electron chi connectivity index (χ3n) is 4.66. The fourth-order valence-corrected chi connectivity index (χ4v) is 3.17. The highest BCUT2D eigenvalue weighted by Gasteiger charge is 2.34. The van der Waals surface area contributed by atoms with E-state index in [0.717, 1.165) is 24.4 Å². The number of amides is 1. The molecule has 0 radical (unpaired) electrons. The number of carbonyl (C=O) groups excluding carboxylic acids is 1. The van der Waals surface area contributed by atoms with Gasteiger partial charge in [0.15, 0.2) is 0 Å². The van der Waals surface area contributed by atoms with Gasteiger partial charge in [-0.15, -0.1) is 12.4 Å². The lowest BCUT2D eigenvalue weighted by Crippen LogP contribution is -2.54. The van der Waals surface area contributed by atoms with E-state index >= 15 is 0 Å². The van der Waals surface area contributed by atoms with Gasteiger partial charge in [-0.2, -0.15) is 0 Å². The van der Waals surface area contributed by atoms with Crippen LogP contribution in [-0.2, 0) is 4.74 Å². The van der Waals surface area contributed by atoms with Gasteiger partial charge in [0.1, 0.15) is 0 Å². The number of aliphatic imine (C=N–C) groups is 1. The molecule has 1 aliphatic rings. The zero-order valence-corrected chi connectivity index (χ0v) is 16.0. The number of morpholine rings is 1. The van der Waals surface area contributed by atoms with Crippen LogP contribution in [-0.4, -0.2) is 48.4 Å². The van der Waals surface area contributed by atoms with Crippen LogP contribution in [0, 0.1) is 0 Å². The molecule has 2 aromatic rings. The summed E-state index contributed by atoms with van der Waals surface area (Å²) < 4.78 is 5.48. The van der Waals surface area contributed by atoms with Gasteiger partial charge < -0.3 is 4.74 Å². The third-order valence-corrected chi connectivity index (χ3v) is 4.66. The van der Waals surface area contributed by atoms with Crippen LogP contribution in [0.4, 0.5) is 0 Å². The summed E-state index contributed by atoms with van der Waals surface area (Å²) in [5.41, 5.74) is 2.01. The van der Waals surface area contributed by atoms with Gasteiger partial charge in [0.2, 0.25) is 0 Å². The van der Waals surface area contributed by atoms with Crippen molar-refractivity contribution >= 4 is 24.0 Å². The Balaban J connectivity index is 0.00000243. The Bertz CT molecular complexity index is 739. The van der Waals surface area contributed by atoms with E-state index in [4.69, 9.17) is 4.74 Å². The second kappa shape index (κ2) is 9.08. The maximum atomic E-state index is 12.7. The minimum Gasteiger partial charge on any atom is -0.379 e. The van der Waals surface area contributed by atoms with Crippen LogP contribution in [0.1, 0.15) is 29.8 Å². The highest BCUT2D eigenvalue weighted by molar-refractivity contribution is 6.14. The van der Waals surface area contributed by atoms with E-state index in [0.29, 0.717) is 18.8 Å². The summed E-state index contributed by atoms with van der Waals surface area (Å²) in [6, 6.07) is 19.2. The van der Waals surface area contributed by atoms with Crippen molar-refractivity contribution in [1.82, 2.24) is 4.90 Å². The van der Waals surface area contributed by atoms with Gasteiger partial charge in [0.25, 0.3) is 5.91 Å². The van der Waals surface area contributed by atoms with Gasteiger partial charge in [-0.25, -0.2) is 4.99 Å². The maximum Gasteiger partial charge on any atom is 0.277 e. The van der Waals surface area contributed by atoms with Gasteiger partial charge in [0.05, 0.1) is 24.5 Å². The summed E-state index contributed by atoms with van der Waals surface area (Å²) in [5.74, 6) is -0.208. The SMILES string of the molecule is CC(C)(C(=NC(=O)c1ccccc1)c1ccccc1)N1CCOCC1.Cl. The first-order valence-electron chi connectivity index (χ1n) is 8.66. The second-order valence-corrected chi connectivity index (χ2v) is 6.66. The normalized spacial score (nSPS) is 16.0. The maximum absolute atomic E-state index is 12.7. The van der Waals surface area contributed by atoms with Crippen LogP contribution >= 0.6 is 12.4 Å². The topological polar surface area (TPSA) is 41.9 Å². The predicted molar refractivity (Wildman–Crippen MR) is 107 cm³/mol. The molecule has 0 aliphatic carbocycles. The lowest BCUT2D eigenvalue weighted by molar-refractivity contribution is 0.0102. The average molecular weight is 373 g/mol. The van der Waals surface area contributed by atoms with Crippen molar-refractivity contribution in [2.45, 2.75) is 19.4 Å². The number of nitrogens with zero attached hydrogens (tertiary/aromatic N) is 2. The van der Waals surface area contributed by atoms with Crippen molar-refractivity contribution < 1.29 is 9.53 Å². The summed E-state index contributed by atoms with van der Waals surface area (Å²) in [6.07, 6.45) is 0. The molecule has 1 heterocycles. The predicted octanol–water partition coefficient (Wildman–Crippen LogP) is 3.85. The Hall–Kier alpha value is -2.01. The van der Waals surface area contributed by atoms with Crippen LogP contribution < -0.4 is 0 Å².